The van der Waals surface area contributed by atoms with Crippen molar-refractivity contribution >= 4 is 5.97 Å². The maximum atomic E-state index is 11.0. The number of rotatable bonds is 4. The Labute approximate surface area is 108 Å². The fourth-order valence-electron chi connectivity index (χ4n) is 1.60. The Hall–Kier alpha value is -2.65. The average molecular weight is 258 g/mol. The molecule has 1 heterocycles. The minimum absolute atomic E-state index is 0.0447. The lowest BCUT2D eigenvalue weighted by Crippen LogP contribution is -2.00. The highest BCUT2D eigenvalue weighted by molar-refractivity contribution is 5.86. The predicted molar refractivity (Wildman–Crippen MR) is 64.3 cm³/mol. The van der Waals surface area contributed by atoms with Gasteiger partial charge in [-0.05, 0) is 18.2 Å². The number of benzene rings is 1. The summed E-state index contributed by atoms with van der Waals surface area (Å²) in [6.45, 7) is 0.0447. The Morgan fingerprint density at radius 3 is 3.00 bits per heavy atom. The number of nitriles is 1. The van der Waals surface area contributed by atoms with Crippen LogP contribution in [0.5, 0.6) is 0 Å². The van der Waals surface area contributed by atoms with Crippen molar-refractivity contribution in [3.05, 3.63) is 41.3 Å². The molecule has 96 valence electrons. The molecule has 0 amide bonds. The van der Waals surface area contributed by atoms with Crippen LogP contribution in [0.4, 0.5) is 0 Å². The largest absolute Gasteiger partial charge is 0.475 e. The minimum atomic E-state index is -1.21. The standard InChI is InChI=1S/C13H10N2O4/c1-18-7-10-11(13(16)17)19-12(15-10)9-4-2-3-8(5-9)6-14/h2-5H,7H2,1H3,(H,16,17). The number of hydrogen-bond donors (Lipinski definition) is 1. The first-order valence-electron chi connectivity index (χ1n) is 5.38. The van der Waals surface area contributed by atoms with E-state index in [1.54, 1.807) is 24.3 Å². The van der Waals surface area contributed by atoms with Gasteiger partial charge in [-0.1, -0.05) is 6.07 Å². The number of nitrogens with zero attached hydrogens (tertiary/aromatic N) is 2. The highest BCUT2D eigenvalue weighted by Crippen LogP contribution is 2.23. The molecular weight excluding hydrogens is 248 g/mol. The molecule has 6 nitrogen and oxygen atoms in total. The molecular formula is C13H10N2O4. The van der Waals surface area contributed by atoms with Gasteiger partial charge in [0.1, 0.15) is 5.69 Å². The number of carboxylic acid groups (broad SMARTS) is 1. The van der Waals surface area contributed by atoms with Crippen molar-refractivity contribution < 1.29 is 19.1 Å². The maximum absolute atomic E-state index is 11.0. The molecule has 2 rings (SSSR count). The number of carboxylic acids is 1. The summed E-state index contributed by atoms with van der Waals surface area (Å²) in [7, 11) is 1.44. The summed E-state index contributed by atoms with van der Waals surface area (Å²) in [5, 5.41) is 17.8. The van der Waals surface area contributed by atoms with Crippen molar-refractivity contribution in [2.24, 2.45) is 0 Å². The molecule has 0 aliphatic carbocycles. The SMILES string of the molecule is COCc1nc(-c2cccc(C#N)c2)oc1C(=O)O. The number of ether oxygens (including phenoxy) is 1. The smallest absolute Gasteiger partial charge is 0.373 e. The minimum Gasteiger partial charge on any atom is -0.475 e. The van der Waals surface area contributed by atoms with Gasteiger partial charge in [-0.25, -0.2) is 9.78 Å². The summed E-state index contributed by atoms with van der Waals surface area (Å²) < 4.78 is 10.1. The number of aromatic carboxylic acids is 1. The Kier molecular flexibility index (Phi) is 3.59. The van der Waals surface area contributed by atoms with E-state index in [1.807, 2.05) is 6.07 Å². The summed E-state index contributed by atoms with van der Waals surface area (Å²) in [5.74, 6) is -1.30. The van der Waals surface area contributed by atoms with Gasteiger partial charge in [0.05, 0.1) is 18.2 Å². The molecule has 0 spiro atoms. The Morgan fingerprint density at radius 1 is 1.58 bits per heavy atom. The molecule has 1 N–H and O–H groups in total. The van der Waals surface area contributed by atoms with Crippen LogP contribution < -0.4 is 0 Å². The van der Waals surface area contributed by atoms with Gasteiger partial charge < -0.3 is 14.3 Å². The quantitative estimate of drug-likeness (QED) is 0.901. The van der Waals surface area contributed by atoms with Crippen LogP contribution in [0.1, 0.15) is 21.8 Å². The highest BCUT2D eigenvalue weighted by atomic mass is 16.5. The highest BCUT2D eigenvalue weighted by Gasteiger charge is 2.20. The summed E-state index contributed by atoms with van der Waals surface area (Å²) in [4.78, 5) is 15.1. The van der Waals surface area contributed by atoms with E-state index in [1.165, 1.54) is 7.11 Å². The van der Waals surface area contributed by atoms with Crippen LogP contribution in [0.3, 0.4) is 0 Å². The van der Waals surface area contributed by atoms with Crippen molar-refractivity contribution in [3.8, 4) is 17.5 Å². The second-order valence-electron chi connectivity index (χ2n) is 3.73. The number of aromatic nitrogens is 1. The van der Waals surface area contributed by atoms with Gasteiger partial charge in [0, 0.05) is 12.7 Å². The van der Waals surface area contributed by atoms with Crippen molar-refractivity contribution in [3.63, 3.8) is 0 Å². The Balaban J connectivity index is 2.48. The van der Waals surface area contributed by atoms with Crippen LogP contribution in [-0.4, -0.2) is 23.2 Å². The third-order valence-corrected chi connectivity index (χ3v) is 2.41. The zero-order chi connectivity index (χ0) is 13.8. The van der Waals surface area contributed by atoms with E-state index in [0.29, 0.717) is 11.1 Å². The summed E-state index contributed by atoms with van der Waals surface area (Å²) in [6.07, 6.45) is 0. The van der Waals surface area contributed by atoms with Crippen LogP contribution >= 0.6 is 0 Å². The molecule has 6 heteroatoms. The molecule has 1 aromatic carbocycles. The number of carbonyl (C=O) groups is 1. The number of methoxy groups -OCH3 is 1. The summed E-state index contributed by atoms with van der Waals surface area (Å²) in [6, 6.07) is 8.58. The number of oxazole rings is 1. The fourth-order valence-corrected chi connectivity index (χ4v) is 1.60. The summed E-state index contributed by atoms with van der Waals surface area (Å²) in [5.41, 5.74) is 1.21. The maximum Gasteiger partial charge on any atom is 0.373 e. The van der Waals surface area contributed by atoms with Gasteiger partial charge in [0.25, 0.3) is 0 Å². The zero-order valence-corrected chi connectivity index (χ0v) is 10.1. The van der Waals surface area contributed by atoms with Gasteiger partial charge in [-0.2, -0.15) is 5.26 Å². The normalized spacial score (nSPS) is 10.1. The molecule has 0 radical (unpaired) electrons. The molecule has 2 aromatic rings. The Bertz CT molecular complexity index is 655. The number of hydrogen-bond acceptors (Lipinski definition) is 5. The molecule has 0 bridgehead atoms. The fraction of sp³-hybridized carbons (Fsp3) is 0.154. The molecule has 0 saturated carbocycles. The van der Waals surface area contributed by atoms with Crippen LogP contribution in [-0.2, 0) is 11.3 Å². The molecule has 19 heavy (non-hydrogen) atoms. The lowest BCUT2D eigenvalue weighted by atomic mass is 10.1. The van der Waals surface area contributed by atoms with Crippen molar-refractivity contribution in [1.82, 2.24) is 4.98 Å². The van der Waals surface area contributed by atoms with E-state index in [4.69, 9.17) is 19.5 Å². The van der Waals surface area contributed by atoms with E-state index >= 15 is 0 Å². The molecule has 0 fully saturated rings. The second-order valence-corrected chi connectivity index (χ2v) is 3.73. The Morgan fingerprint density at radius 2 is 2.37 bits per heavy atom. The van der Waals surface area contributed by atoms with Gasteiger partial charge >= 0.3 is 5.97 Å². The van der Waals surface area contributed by atoms with E-state index in [-0.39, 0.29) is 24.0 Å². The lowest BCUT2D eigenvalue weighted by molar-refractivity contribution is 0.0656. The first kappa shape index (κ1) is 12.8. The predicted octanol–water partition coefficient (Wildman–Crippen LogP) is 2.06. The van der Waals surface area contributed by atoms with E-state index in [2.05, 4.69) is 4.98 Å². The first-order chi connectivity index (χ1) is 9.15. The van der Waals surface area contributed by atoms with E-state index < -0.39 is 5.97 Å². The molecule has 0 saturated heterocycles. The van der Waals surface area contributed by atoms with Gasteiger partial charge in [-0.15, -0.1) is 0 Å². The molecule has 0 atom stereocenters. The van der Waals surface area contributed by atoms with Gasteiger partial charge in [0.15, 0.2) is 0 Å². The lowest BCUT2D eigenvalue weighted by Gasteiger charge is -1.94. The average Bonchev–Trinajstić information content (AvgIpc) is 2.83. The second kappa shape index (κ2) is 5.33. The van der Waals surface area contributed by atoms with Crippen LogP contribution in [0.15, 0.2) is 28.7 Å². The first-order valence-corrected chi connectivity index (χ1v) is 5.38. The summed E-state index contributed by atoms with van der Waals surface area (Å²) >= 11 is 0. The molecule has 0 aliphatic heterocycles. The van der Waals surface area contributed by atoms with E-state index in [9.17, 15) is 4.79 Å². The molecule has 1 aromatic heterocycles. The van der Waals surface area contributed by atoms with Crippen molar-refractivity contribution in [1.29, 1.82) is 5.26 Å². The van der Waals surface area contributed by atoms with Crippen LogP contribution in [0, 0.1) is 11.3 Å². The van der Waals surface area contributed by atoms with Gasteiger partial charge in [-0.3, -0.25) is 0 Å². The third-order valence-electron chi connectivity index (χ3n) is 2.41. The van der Waals surface area contributed by atoms with Crippen LogP contribution in [0.25, 0.3) is 11.5 Å². The molecule has 0 aliphatic rings. The zero-order valence-electron chi connectivity index (χ0n) is 10.1. The van der Waals surface area contributed by atoms with E-state index in [0.717, 1.165) is 0 Å². The van der Waals surface area contributed by atoms with Crippen molar-refractivity contribution in [2.75, 3.05) is 7.11 Å². The third kappa shape index (κ3) is 2.61. The van der Waals surface area contributed by atoms with Crippen LogP contribution in [0.2, 0.25) is 0 Å². The van der Waals surface area contributed by atoms with Gasteiger partial charge in [0.2, 0.25) is 11.7 Å². The topological polar surface area (TPSA) is 96.4 Å². The molecule has 0 unspecified atom stereocenters. The van der Waals surface area contributed by atoms with Crippen molar-refractivity contribution in [2.45, 2.75) is 6.61 Å². The monoisotopic (exact) mass is 258 g/mol.